The van der Waals surface area contributed by atoms with Gasteiger partial charge in [-0.1, -0.05) is 0 Å². The van der Waals surface area contributed by atoms with Crippen LogP contribution >= 0.6 is 23.1 Å². The van der Waals surface area contributed by atoms with Crippen LogP contribution in [0.4, 0.5) is 0 Å². The number of hydrogen-bond donors (Lipinski definition) is 2. The first-order valence-electron chi connectivity index (χ1n) is 5.89. The summed E-state index contributed by atoms with van der Waals surface area (Å²) in [6.45, 7) is 0.934. The third-order valence-corrected chi connectivity index (χ3v) is 4.73. The number of carboxylic acid groups (broad SMARTS) is 1. The zero-order chi connectivity index (χ0) is 13.8. The highest BCUT2D eigenvalue weighted by Gasteiger charge is 2.33. The van der Waals surface area contributed by atoms with Crippen molar-refractivity contribution in [2.45, 2.75) is 12.5 Å². The van der Waals surface area contributed by atoms with Crippen molar-refractivity contribution in [1.29, 1.82) is 0 Å². The minimum absolute atomic E-state index is 0.299. The maximum absolute atomic E-state index is 12.3. The lowest BCUT2D eigenvalue weighted by Gasteiger charge is -2.32. The number of thioether (sulfide) groups is 1. The van der Waals surface area contributed by atoms with Gasteiger partial charge < -0.3 is 15.7 Å². The molecule has 0 spiro atoms. The Morgan fingerprint density at radius 1 is 1.58 bits per heavy atom. The Labute approximate surface area is 119 Å². The largest absolute Gasteiger partial charge is 0.480 e. The van der Waals surface area contributed by atoms with Gasteiger partial charge in [-0.2, -0.15) is 11.8 Å². The van der Waals surface area contributed by atoms with E-state index in [1.165, 1.54) is 16.2 Å². The van der Waals surface area contributed by atoms with E-state index in [9.17, 15) is 9.59 Å². The summed E-state index contributed by atoms with van der Waals surface area (Å²) in [5.41, 5.74) is 5.77. The van der Waals surface area contributed by atoms with E-state index in [1.54, 1.807) is 17.1 Å². The van der Waals surface area contributed by atoms with E-state index in [1.807, 2.05) is 0 Å². The molecule has 1 aromatic heterocycles. The number of carbonyl (C=O) groups is 2. The number of thiazole rings is 1. The van der Waals surface area contributed by atoms with Crippen LogP contribution < -0.4 is 5.73 Å². The van der Waals surface area contributed by atoms with E-state index < -0.39 is 12.0 Å². The highest BCUT2D eigenvalue weighted by Crippen LogP contribution is 2.20. The van der Waals surface area contributed by atoms with Crippen LogP contribution in [0.15, 0.2) is 5.38 Å². The molecule has 2 rings (SSSR count). The zero-order valence-electron chi connectivity index (χ0n) is 10.2. The SMILES string of the molecule is NCCc1nc(C(=O)N2CCSCC2C(=O)O)cs1. The van der Waals surface area contributed by atoms with Gasteiger partial charge in [0.15, 0.2) is 0 Å². The summed E-state index contributed by atoms with van der Waals surface area (Å²) in [5.74, 6) is -0.0684. The minimum Gasteiger partial charge on any atom is -0.480 e. The second-order valence-electron chi connectivity index (χ2n) is 4.09. The summed E-state index contributed by atoms with van der Waals surface area (Å²) >= 11 is 2.94. The van der Waals surface area contributed by atoms with Gasteiger partial charge in [-0.15, -0.1) is 11.3 Å². The molecule has 1 atom stereocenters. The second kappa shape index (κ2) is 6.36. The number of nitrogens with zero attached hydrogens (tertiary/aromatic N) is 2. The van der Waals surface area contributed by atoms with E-state index in [-0.39, 0.29) is 5.91 Å². The van der Waals surface area contributed by atoms with Crippen LogP contribution in [-0.4, -0.2) is 57.5 Å². The molecule has 6 nitrogen and oxygen atoms in total. The van der Waals surface area contributed by atoms with Crippen LogP contribution in [0.2, 0.25) is 0 Å². The number of hydrogen-bond acceptors (Lipinski definition) is 6. The molecule has 1 fully saturated rings. The molecule has 2 heterocycles. The van der Waals surface area contributed by atoms with Gasteiger partial charge in [0.05, 0.1) is 5.01 Å². The lowest BCUT2D eigenvalue weighted by atomic mass is 10.2. The molecule has 0 radical (unpaired) electrons. The molecule has 1 aromatic rings. The molecule has 0 bridgehead atoms. The van der Waals surface area contributed by atoms with Crippen LogP contribution in [0, 0.1) is 0 Å². The Morgan fingerprint density at radius 2 is 2.37 bits per heavy atom. The summed E-state index contributed by atoms with van der Waals surface area (Å²) in [6, 6.07) is -0.758. The van der Waals surface area contributed by atoms with Gasteiger partial charge in [-0.25, -0.2) is 9.78 Å². The summed E-state index contributed by atoms with van der Waals surface area (Å²) < 4.78 is 0. The maximum Gasteiger partial charge on any atom is 0.327 e. The Bertz CT molecular complexity index is 478. The summed E-state index contributed by atoms with van der Waals surface area (Å²) in [6.07, 6.45) is 0.635. The molecule has 0 aliphatic carbocycles. The third-order valence-electron chi connectivity index (χ3n) is 2.80. The fraction of sp³-hybridized carbons (Fsp3) is 0.545. The highest BCUT2D eigenvalue weighted by molar-refractivity contribution is 7.99. The topological polar surface area (TPSA) is 96.5 Å². The van der Waals surface area contributed by atoms with E-state index in [4.69, 9.17) is 10.8 Å². The molecule has 19 heavy (non-hydrogen) atoms. The lowest BCUT2D eigenvalue weighted by molar-refractivity contribution is -0.141. The average Bonchev–Trinajstić information content (AvgIpc) is 2.87. The number of rotatable bonds is 4. The molecule has 1 aliphatic rings. The molecular formula is C11H15N3O3S2. The van der Waals surface area contributed by atoms with Gasteiger partial charge in [0.2, 0.25) is 0 Å². The fourth-order valence-corrected chi connectivity index (χ4v) is 3.67. The van der Waals surface area contributed by atoms with Crippen molar-refractivity contribution in [3.05, 3.63) is 16.1 Å². The number of nitrogens with two attached hydrogens (primary N) is 1. The molecule has 1 unspecified atom stereocenters. The third kappa shape index (κ3) is 3.26. The number of aliphatic carboxylic acids is 1. The van der Waals surface area contributed by atoms with Gasteiger partial charge in [-0.05, 0) is 6.54 Å². The van der Waals surface area contributed by atoms with E-state index in [0.29, 0.717) is 31.0 Å². The Hall–Kier alpha value is -1.12. The zero-order valence-corrected chi connectivity index (χ0v) is 11.9. The van der Waals surface area contributed by atoms with Crippen LogP contribution in [0.3, 0.4) is 0 Å². The molecule has 1 saturated heterocycles. The summed E-state index contributed by atoms with van der Waals surface area (Å²) in [4.78, 5) is 29.1. The van der Waals surface area contributed by atoms with Gasteiger partial charge in [0.1, 0.15) is 11.7 Å². The average molecular weight is 301 g/mol. The molecule has 0 aromatic carbocycles. The number of carbonyl (C=O) groups excluding carboxylic acids is 1. The molecule has 1 amide bonds. The van der Waals surface area contributed by atoms with Crippen molar-refractivity contribution < 1.29 is 14.7 Å². The molecule has 104 valence electrons. The van der Waals surface area contributed by atoms with Crippen molar-refractivity contribution in [2.24, 2.45) is 5.73 Å². The minimum atomic E-state index is -0.960. The first kappa shape index (κ1) is 14.3. The van der Waals surface area contributed by atoms with Crippen molar-refractivity contribution in [3.8, 4) is 0 Å². The molecular weight excluding hydrogens is 286 g/mol. The van der Waals surface area contributed by atoms with Gasteiger partial charge >= 0.3 is 5.97 Å². The number of amides is 1. The maximum atomic E-state index is 12.3. The van der Waals surface area contributed by atoms with Crippen molar-refractivity contribution >= 4 is 35.0 Å². The van der Waals surface area contributed by atoms with E-state index in [2.05, 4.69) is 4.98 Å². The monoisotopic (exact) mass is 301 g/mol. The standard InChI is InChI=1S/C11H15N3O3S2/c12-2-1-9-13-7(5-19-9)10(15)14-3-4-18-6-8(14)11(16)17/h5,8H,1-4,6,12H2,(H,16,17). The van der Waals surface area contributed by atoms with Crippen molar-refractivity contribution in [3.63, 3.8) is 0 Å². The van der Waals surface area contributed by atoms with Crippen LogP contribution in [-0.2, 0) is 11.2 Å². The fourth-order valence-electron chi connectivity index (χ4n) is 1.85. The summed E-state index contributed by atoms with van der Waals surface area (Å²) in [5, 5.41) is 11.6. The molecule has 3 N–H and O–H groups in total. The van der Waals surface area contributed by atoms with E-state index in [0.717, 1.165) is 10.8 Å². The van der Waals surface area contributed by atoms with Crippen molar-refractivity contribution in [1.82, 2.24) is 9.88 Å². The Balaban J connectivity index is 2.14. The molecule has 8 heteroatoms. The lowest BCUT2D eigenvalue weighted by Crippen LogP contribution is -2.50. The predicted octanol–water partition coefficient (Wildman–Crippen LogP) is 0.287. The molecule has 1 aliphatic heterocycles. The van der Waals surface area contributed by atoms with Crippen molar-refractivity contribution in [2.75, 3.05) is 24.6 Å². The Kier molecular flexibility index (Phi) is 4.78. The quantitative estimate of drug-likeness (QED) is 0.829. The summed E-state index contributed by atoms with van der Waals surface area (Å²) in [7, 11) is 0. The number of aromatic nitrogens is 1. The highest BCUT2D eigenvalue weighted by atomic mass is 32.2. The van der Waals surface area contributed by atoms with Crippen LogP contribution in [0.5, 0.6) is 0 Å². The van der Waals surface area contributed by atoms with Crippen LogP contribution in [0.1, 0.15) is 15.5 Å². The van der Waals surface area contributed by atoms with E-state index >= 15 is 0 Å². The van der Waals surface area contributed by atoms with Gasteiger partial charge in [-0.3, -0.25) is 4.79 Å². The van der Waals surface area contributed by atoms with Crippen LogP contribution in [0.25, 0.3) is 0 Å². The van der Waals surface area contributed by atoms with Gasteiger partial charge in [0.25, 0.3) is 5.91 Å². The normalized spacial score (nSPS) is 19.4. The molecule has 0 saturated carbocycles. The second-order valence-corrected chi connectivity index (χ2v) is 6.19. The number of carboxylic acids is 1. The predicted molar refractivity (Wildman–Crippen MR) is 74.7 cm³/mol. The smallest absolute Gasteiger partial charge is 0.327 e. The van der Waals surface area contributed by atoms with Gasteiger partial charge in [0, 0.05) is 29.9 Å². The Morgan fingerprint density at radius 3 is 3.05 bits per heavy atom. The first-order chi connectivity index (χ1) is 9.13. The first-order valence-corrected chi connectivity index (χ1v) is 7.93.